The molecular weight excluding hydrogens is 539 g/mol. The van der Waals surface area contributed by atoms with Crippen LogP contribution in [0.4, 0.5) is 17.1 Å². The Balaban J connectivity index is 1.52. The van der Waals surface area contributed by atoms with Crippen LogP contribution in [0.1, 0.15) is 36.1 Å². The number of hydrogen-bond acceptors (Lipinski definition) is 2. The molecule has 1 aliphatic carbocycles. The zero-order valence-corrected chi connectivity index (χ0v) is 25.8. The Bertz CT molecular complexity index is 2200. The number of anilines is 3. The Morgan fingerprint density at radius 1 is 0.512 bits per heavy atom. The van der Waals surface area contributed by atoms with Crippen molar-refractivity contribution in [1.82, 2.24) is 0 Å². The largest absolute Gasteiger partial charge is 0.309 e. The maximum atomic E-state index is 2.57. The predicted octanol–water partition coefficient (Wildman–Crippen LogP) is 12.1. The van der Waals surface area contributed by atoms with E-state index in [-0.39, 0.29) is 5.41 Å². The maximum Gasteiger partial charge on any atom is 0.0555 e. The molecule has 0 N–H and O–H groups in total. The van der Waals surface area contributed by atoms with Crippen molar-refractivity contribution in [3.8, 4) is 22.3 Å². The van der Waals surface area contributed by atoms with Crippen LogP contribution in [0.3, 0.4) is 0 Å². The van der Waals surface area contributed by atoms with Crippen molar-refractivity contribution >= 4 is 48.6 Å². The number of nitrogens with zero attached hydrogens (tertiary/aromatic N) is 1. The summed E-state index contributed by atoms with van der Waals surface area (Å²) in [6.07, 6.45) is 0. The van der Waals surface area contributed by atoms with Crippen LogP contribution >= 0.6 is 11.3 Å². The molecule has 2 heteroatoms. The van der Waals surface area contributed by atoms with E-state index in [1.54, 1.807) is 0 Å². The van der Waals surface area contributed by atoms with E-state index >= 15 is 0 Å². The molecule has 0 unspecified atom stereocenters. The van der Waals surface area contributed by atoms with Gasteiger partial charge in [0.1, 0.15) is 0 Å². The van der Waals surface area contributed by atoms with Crippen LogP contribution in [0.5, 0.6) is 0 Å². The molecule has 1 aliphatic rings. The summed E-state index contributed by atoms with van der Waals surface area (Å²) in [7, 11) is 0. The monoisotopic (exact) mass is 571 g/mol. The first-order valence-corrected chi connectivity index (χ1v) is 15.9. The molecule has 0 amide bonds. The molecule has 1 heterocycles. The molecule has 1 nitrogen and oxygen atoms in total. The third-order valence-corrected chi connectivity index (χ3v) is 10.5. The summed E-state index contributed by atoms with van der Waals surface area (Å²) < 4.78 is 2.63. The van der Waals surface area contributed by atoms with E-state index in [1.165, 1.54) is 81.7 Å². The fourth-order valence-electron chi connectivity index (χ4n) is 7.38. The lowest BCUT2D eigenvalue weighted by molar-refractivity contribution is 0.661. The van der Waals surface area contributed by atoms with Crippen molar-refractivity contribution in [2.75, 3.05) is 4.90 Å². The van der Waals surface area contributed by atoms with Crippen molar-refractivity contribution in [3.63, 3.8) is 0 Å². The molecule has 8 rings (SSSR count). The van der Waals surface area contributed by atoms with Crippen LogP contribution in [0.25, 0.3) is 42.4 Å². The van der Waals surface area contributed by atoms with Crippen LogP contribution in [-0.2, 0) is 5.41 Å². The third-order valence-electron chi connectivity index (χ3n) is 9.33. The van der Waals surface area contributed by atoms with Gasteiger partial charge in [0.25, 0.3) is 0 Å². The topological polar surface area (TPSA) is 3.24 Å². The number of benzene rings is 6. The lowest BCUT2D eigenvalue weighted by Gasteiger charge is -2.34. The smallest absolute Gasteiger partial charge is 0.0555 e. The first-order valence-electron chi connectivity index (χ1n) is 15.0. The fraction of sp³-hybridized carbons (Fsp3) is 0.122. The van der Waals surface area contributed by atoms with Crippen molar-refractivity contribution in [3.05, 3.63) is 150 Å². The van der Waals surface area contributed by atoms with Crippen molar-refractivity contribution in [2.24, 2.45) is 0 Å². The van der Waals surface area contributed by atoms with E-state index in [0.717, 1.165) is 0 Å². The van der Waals surface area contributed by atoms with Gasteiger partial charge in [-0.3, -0.25) is 0 Å². The number of fused-ring (bicyclic) bond motifs is 6. The van der Waals surface area contributed by atoms with Gasteiger partial charge in [-0.1, -0.05) is 111 Å². The van der Waals surface area contributed by atoms with Crippen LogP contribution in [0.2, 0.25) is 0 Å². The molecule has 0 radical (unpaired) electrons. The summed E-state index contributed by atoms with van der Waals surface area (Å²) in [6, 6.07) is 47.1. The van der Waals surface area contributed by atoms with Gasteiger partial charge in [-0.05, 0) is 83.1 Å². The lowest BCUT2D eigenvalue weighted by atomic mass is 9.81. The number of thiophene rings is 1. The van der Waals surface area contributed by atoms with Crippen molar-refractivity contribution < 1.29 is 0 Å². The second-order valence-electron chi connectivity index (χ2n) is 12.2. The normalized spacial score (nSPS) is 13.3. The highest BCUT2D eigenvalue weighted by Crippen LogP contribution is 2.56. The summed E-state index contributed by atoms with van der Waals surface area (Å²) in [5, 5.41) is 2.62. The Kier molecular flexibility index (Phi) is 5.86. The fourth-order valence-corrected chi connectivity index (χ4v) is 8.51. The highest BCUT2D eigenvalue weighted by molar-refractivity contribution is 7.26. The van der Waals surface area contributed by atoms with Gasteiger partial charge in [0.15, 0.2) is 0 Å². The molecule has 0 fully saturated rings. The van der Waals surface area contributed by atoms with Crippen LogP contribution in [-0.4, -0.2) is 0 Å². The molecule has 6 aromatic carbocycles. The molecule has 7 aromatic rings. The average Bonchev–Trinajstić information content (AvgIpc) is 3.52. The highest BCUT2D eigenvalue weighted by atomic mass is 32.1. The van der Waals surface area contributed by atoms with Gasteiger partial charge in [0.05, 0.1) is 17.1 Å². The zero-order chi connectivity index (χ0) is 29.3. The molecule has 1 aromatic heterocycles. The number of rotatable bonds is 4. The molecule has 0 saturated heterocycles. The minimum absolute atomic E-state index is 0.155. The minimum Gasteiger partial charge on any atom is -0.309 e. The Hall–Kier alpha value is -4.66. The summed E-state index contributed by atoms with van der Waals surface area (Å²) >= 11 is 1.88. The molecule has 208 valence electrons. The third kappa shape index (κ3) is 3.83. The van der Waals surface area contributed by atoms with E-state index < -0.39 is 0 Å². The van der Waals surface area contributed by atoms with Crippen LogP contribution < -0.4 is 4.90 Å². The second kappa shape index (κ2) is 9.69. The molecule has 0 atom stereocenters. The van der Waals surface area contributed by atoms with Gasteiger partial charge in [0, 0.05) is 31.2 Å². The van der Waals surface area contributed by atoms with E-state index in [1.807, 2.05) is 11.3 Å². The summed E-state index contributed by atoms with van der Waals surface area (Å²) in [4.78, 5) is 2.57. The summed E-state index contributed by atoms with van der Waals surface area (Å²) in [6.45, 7) is 9.25. The molecule has 0 spiro atoms. The summed E-state index contributed by atoms with van der Waals surface area (Å²) in [5.41, 5.74) is 14.1. The lowest BCUT2D eigenvalue weighted by Crippen LogP contribution is -2.21. The van der Waals surface area contributed by atoms with Gasteiger partial charge in [-0.25, -0.2) is 0 Å². The second-order valence-corrected chi connectivity index (χ2v) is 13.3. The molecular formula is C41H33NS. The van der Waals surface area contributed by atoms with Gasteiger partial charge in [-0.2, -0.15) is 0 Å². The van der Waals surface area contributed by atoms with E-state index in [9.17, 15) is 0 Å². The number of aryl methyl sites for hydroxylation is 2. The van der Waals surface area contributed by atoms with Gasteiger partial charge in [0.2, 0.25) is 0 Å². The Morgan fingerprint density at radius 2 is 1.12 bits per heavy atom. The minimum atomic E-state index is -0.155. The molecule has 43 heavy (non-hydrogen) atoms. The van der Waals surface area contributed by atoms with E-state index in [0.29, 0.717) is 0 Å². The van der Waals surface area contributed by atoms with Gasteiger partial charge in [-0.15, -0.1) is 11.3 Å². The first-order chi connectivity index (χ1) is 20.9. The predicted molar refractivity (Wildman–Crippen MR) is 186 cm³/mol. The van der Waals surface area contributed by atoms with Crippen molar-refractivity contribution in [1.29, 1.82) is 0 Å². The summed E-state index contributed by atoms with van der Waals surface area (Å²) in [5.74, 6) is 0. The molecule has 0 bridgehead atoms. The molecule has 0 aliphatic heterocycles. The van der Waals surface area contributed by atoms with Crippen molar-refractivity contribution in [2.45, 2.75) is 33.1 Å². The van der Waals surface area contributed by atoms with E-state index in [2.05, 4.69) is 160 Å². The Labute approximate surface area is 257 Å². The molecule has 0 saturated carbocycles. The first kappa shape index (κ1) is 26.0. The van der Waals surface area contributed by atoms with Crippen LogP contribution in [0, 0.1) is 13.8 Å². The van der Waals surface area contributed by atoms with Gasteiger partial charge < -0.3 is 4.90 Å². The SMILES string of the molecule is Cc1ccccc1-c1c(C)cccc1N(c1cccc2c1C(C)(C)c1ccccc1-2)c1cccc2sc3ccccc3c12. The quantitative estimate of drug-likeness (QED) is 0.203. The van der Waals surface area contributed by atoms with Gasteiger partial charge >= 0.3 is 0 Å². The Morgan fingerprint density at radius 3 is 1.98 bits per heavy atom. The van der Waals surface area contributed by atoms with E-state index in [4.69, 9.17) is 0 Å². The number of hydrogen-bond donors (Lipinski definition) is 0. The maximum absolute atomic E-state index is 2.57. The highest BCUT2D eigenvalue weighted by Gasteiger charge is 2.39. The van der Waals surface area contributed by atoms with Crippen LogP contribution in [0.15, 0.2) is 127 Å². The average molecular weight is 572 g/mol. The zero-order valence-electron chi connectivity index (χ0n) is 25.0. The standard InChI is InChI=1S/C41H33NS/c1-26-14-5-6-16-28(26)38-27(2)15-11-21-33(38)42(34-22-13-25-37-39(34)31-18-8-10-24-36(31)43-37)35-23-12-19-30-29-17-7-9-20-32(29)41(3,4)40(30)35/h5-25H,1-4H3.